The summed E-state index contributed by atoms with van der Waals surface area (Å²) in [5, 5.41) is 3.17. The SMILES string of the molecule is C#CCC(CC)NCC(=O)N(C)C(C)C. The molecule has 0 saturated carbocycles. The second-order valence-corrected chi connectivity index (χ2v) is 3.99. The van der Waals surface area contributed by atoms with Gasteiger partial charge in [-0.15, -0.1) is 12.3 Å². The van der Waals surface area contributed by atoms with Crippen molar-refractivity contribution >= 4 is 5.91 Å². The van der Waals surface area contributed by atoms with Crippen LogP contribution in [0, 0.1) is 12.3 Å². The number of nitrogens with zero attached hydrogens (tertiary/aromatic N) is 1. The molecule has 0 aliphatic rings. The molecule has 0 aromatic rings. The highest BCUT2D eigenvalue weighted by atomic mass is 16.2. The van der Waals surface area contributed by atoms with Crippen molar-refractivity contribution < 1.29 is 4.79 Å². The van der Waals surface area contributed by atoms with Gasteiger partial charge in [0.25, 0.3) is 0 Å². The number of carbonyl (C=O) groups excluding carboxylic acids is 1. The van der Waals surface area contributed by atoms with Gasteiger partial charge in [-0.3, -0.25) is 4.79 Å². The number of hydrogen-bond acceptors (Lipinski definition) is 2. The molecule has 0 aromatic carbocycles. The highest BCUT2D eigenvalue weighted by molar-refractivity contribution is 5.78. The third-order valence-electron chi connectivity index (χ3n) is 2.57. The van der Waals surface area contributed by atoms with Crippen LogP contribution in [0.3, 0.4) is 0 Å². The molecule has 0 radical (unpaired) electrons. The molecule has 0 spiro atoms. The maximum absolute atomic E-state index is 11.6. The van der Waals surface area contributed by atoms with Crippen molar-refractivity contribution in [1.82, 2.24) is 10.2 Å². The summed E-state index contributed by atoms with van der Waals surface area (Å²) in [5.41, 5.74) is 0. The van der Waals surface area contributed by atoms with E-state index in [-0.39, 0.29) is 18.0 Å². The largest absolute Gasteiger partial charge is 0.342 e. The van der Waals surface area contributed by atoms with Crippen molar-refractivity contribution in [2.75, 3.05) is 13.6 Å². The summed E-state index contributed by atoms with van der Waals surface area (Å²) in [6, 6.07) is 0.492. The Balaban J connectivity index is 3.93. The minimum atomic E-state index is 0.112. The lowest BCUT2D eigenvalue weighted by Gasteiger charge is -2.23. The van der Waals surface area contributed by atoms with E-state index in [0.29, 0.717) is 13.0 Å². The van der Waals surface area contributed by atoms with Gasteiger partial charge >= 0.3 is 0 Å². The highest BCUT2D eigenvalue weighted by Gasteiger charge is 2.13. The van der Waals surface area contributed by atoms with Crippen LogP contribution >= 0.6 is 0 Å². The predicted octanol–water partition coefficient (Wildman–Crippen LogP) is 1.24. The Hall–Kier alpha value is -1.01. The van der Waals surface area contributed by atoms with Crippen molar-refractivity contribution in [3.8, 4) is 12.3 Å². The Bertz CT molecular complexity index is 230. The van der Waals surface area contributed by atoms with Gasteiger partial charge in [0, 0.05) is 25.6 Å². The van der Waals surface area contributed by atoms with E-state index < -0.39 is 0 Å². The first kappa shape index (κ1) is 14.0. The van der Waals surface area contributed by atoms with E-state index in [1.807, 2.05) is 20.9 Å². The molecule has 0 saturated heterocycles. The van der Waals surface area contributed by atoms with Crippen molar-refractivity contribution in [3.63, 3.8) is 0 Å². The van der Waals surface area contributed by atoms with Crippen LogP contribution < -0.4 is 5.32 Å². The maximum Gasteiger partial charge on any atom is 0.236 e. The van der Waals surface area contributed by atoms with E-state index in [0.717, 1.165) is 6.42 Å². The molecule has 1 N–H and O–H groups in total. The normalized spacial score (nSPS) is 12.3. The fourth-order valence-electron chi connectivity index (χ4n) is 1.15. The van der Waals surface area contributed by atoms with Crippen molar-refractivity contribution in [2.24, 2.45) is 0 Å². The van der Waals surface area contributed by atoms with E-state index in [9.17, 15) is 4.79 Å². The molecule has 1 atom stereocenters. The molecule has 3 nitrogen and oxygen atoms in total. The number of nitrogens with one attached hydrogen (secondary N) is 1. The highest BCUT2D eigenvalue weighted by Crippen LogP contribution is 1.97. The summed E-state index contributed by atoms with van der Waals surface area (Å²) in [7, 11) is 1.82. The Morgan fingerprint density at radius 2 is 2.13 bits per heavy atom. The monoisotopic (exact) mass is 210 g/mol. The quantitative estimate of drug-likeness (QED) is 0.669. The summed E-state index contributed by atoms with van der Waals surface area (Å²) in [4.78, 5) is 13.4. The second-order valence-electron chi connectivity index (χ2n) is 3.99. The molecule has 1 unspecified atom stereocenters. The van der Waals surface area contributed by atoms with E-state index in [1.165, 1.54) is 0 Å². The second kappa shape index (κ2) is 7.30. The first-order chi connectivity index (χ1) is 7.02. The van der Waals surface area contributed by atoms with Crippen LogP contribution in [-0.4, -0.2) is 36.5 Å². The van der Waals surface area contributed by atoms with E-state index in [4.69, 9.17) is 6.42 Å². The van der Waals surface area contributed by atoms with E-state index >= 15 is 0 Å². The van der Waals surface area contributed by atoms with Crippen molar-refractivity contribution in [3.05, 3.63) is 0 Å². The van der Waals surface area contributed by atoms with E-state index in [1.54, 1.807) is 4.90 Å². The lowest BCUT2D eigenvalue weighted by molar-refractivity contribution is -0.130. The lowest BCUT2D eigenvalue weighted by atomic mass is 10.1. The first-order valence-electron chi connectivity index (χ1n) is 5.45. The Labute approximate surface area is 93.2 Å². The van der Waals surface area contributed by atoms with Crippen LogP contribution in [0.4, 0.5) is 0 Å². The molecule has 0 fully saturated rings. The summed E-state index contributed by atoms with van der Waals surface area (Å²) in [5.74, 6) is 2.72. The maximum atomic E-state index is 11.6. The number of hydrogen-bond donors (Lipinski definition) is 1. The Morgan fingerprint density at radius 1 is 1.53 bits per heavy atom. The molecule has 0 aliphatic heterocycles. The molecular weight excluding hydrogens is 188 g/mol. The summed E-state index contributed by atoms with van der Waals surface area (Å²) in [6.45, 7) is 6.42. The molecule has 0 aromatic heterocycles. The van der Waals surface area contributed by atoms with Crippen LogP contribution in [0.2, 0.25) is 0 Å². The number of terminal acetylenes is 1. The zero-order chi connectivity index (χ0) is 11.8. The minimum absolute atomic E-state index is 0.112. The van der Waals surface area contributed by atoms with Crippen LogP contribution in [0.5, 0.6) is 0 Å². The average molecular weight is 210 g/mol. The standard InChI is InChI=1S/C12H22N2O/c1-6-8-11(7-2)13-9-12(15)14(5)10(3)4/h1,10-11,13H,7-9H2,2-5H3. The van der Waals surface area contributed by atoms with Crippen LogP contribution in [0.15, 0.2) is 0 Å². The van der Waals surface area contributed by atoms with Gasteiger partial charge in [0.2, 0.25) is 5.91 Å². The van der Waals surface area contributed by atoms with Gasteiger partial charge in [-0.25, -0.2) is 0 Å². The van der Waals surface area contributed by atoms with Crippen LogP contribution in [0.25, 0.3) is 0 Å². The molecule has 0 rings (SSSR count). The zero-order valence-corrected chi connectivity index (χ0v) is 10.2. The van der Waals surface area contributed by atoms with Gasteiger partial charge in [-0.1, -0.05) is 6.92 Å². The fourth-order valence-corrected chi connectivity index (χ4v) is 1.15. The third kappa shape index (κ3) is 5.44. The first-order valence-corrected chi connectivity index (χ1v) is 5.45. The van der Waals surface area contributed by atoms with Gasteiger partial charge in [-0.05, 0) is 20.3 Å². The van der Waals surface area contributed by atoms with Crippen LogP contribution in [0.1, 0.15) is 33.6 Å². The molecule has 0 bridgehead atoms. The molecule has 86 valence electrons. The summed E-state index contributed by atoms with van der Waals surface area (Å²) < 4.78 is 0. The lowest BCUT2D eigenvalue weighted by Crippen LogP contribution is -2.42. The number of likely N-dealkylation sites (N-methyl/N-ethyl adjacent to an activating group) is 1. The fraction of sp³-hybridized carbons (Fsp3) is 0.750. The van der Waals surface area contributed by atoms with Gasteiger partial charge < -0.3 is 10.2 Å². The van der Waals surface area contributed by atoms with Crippen molar-refractivity contribution in [1.29, 1.82) is 0 Å². The zero-order valence-electron chi connectivity index (χ0n) is 10.2. The van der Waals surface area contributed by atoms with Gasteiger partial charge in [0.1, 0.15) is 0 Å². The number of amides is 1. The van der Waals surface area contributed by atoms with Crippen LogP contribution in [-0.2, 0) is 4.79 Å². The predicted molar refractivity (Wildman–Crippen MR) is 63.4 cm³/mol. The molecule has 0 heterocycles. The number of rotatable bonds is 6. The molecule has 1 amide bonds. The minimum Gasteiger partial charge on any atom is -0.342 e. The van der Waals surface area contributed by atoms with Gasteiger partial charge in [0.15, 0.2) is 0 Å². The third-order valence-corrected chi connectivity index (χ3v) is 2.57. The summed E-state index contributed by atoms with van der Waals surface area (Å²) in [6.07, 6.45) is 6.86. The van der Waals surface area contributed by atoms with Crippen molar-refractivity contribution in [2.45, 2.75) is 45.7 Å². The Kier molecular flexibility index (Phi) is 6.81. The summed E-state index contributed by atoms with van der Waals surface area (Å²) >= 11 is 0. The number of carbonyl (C=O) groups is 1. The molecule has 15 heavy (non-hydrogen) atoms. The molecule has 3 heteroatoms. The van der Waals surface area contributed by atoms with E-state index in [2.05, 4.69) is 18.2 Å². The van der Waals surface area contributed by atoms with Gasteiger partial charge in [0.05, 0.1) is 6.54 Å². The molecule has 0 aliphatic carbocycles. The molecular formula is C12H22N2O. The van der Waals surface area contributed by atoms with Gasteiger partial charge in [-0.2, -0.15) is 0 Å². The average Bonchev–Trinajstić information content (AvgIpc) is 2.22. The Morgan fingerprint density at radius 3 is 2.53 bits per heavy atom. The topological polar surface area (TPSA) is 32.3 Å². The smallest absolute Gasteiger partial charge is 0.236 e.